The van der Waals surface area contributed by atoms with Crippen LogP contribution >= 0.6 is 0 Å². The second-order valence-electron chi connectivity index (χ2n) is 6.11. The van der Waals surface area contributed by atoms with Crippen LogP contribution in [0.15, 0.2) is 78.9 Å². The zero-order valence-electron chi connectivity index (χ0n) is 14.1. The summed E-state index contributed by atoms with van der Waals surface area (Å²) < 4.78 is 5.82. The summed E-state index contributed by atoms with van der Waals surface area (Å²) in [6.45, 7) is 0.615. The normalized spacial score (nSPS) is 13.0. The first kappa shape index (κ1) is 16.1. The molecule has 3 aromatic rings. The van der Waals surface area contributed by atoms with E-state index >= 15 is 0 Å². The number of nitrogens with zero attached hydrogens (tertiary/aromatic N) is 1. The Labute approximate surface area is 151 Å². The van der Waals surface area contributed by atoms with Gasteiger partial charge >= 0.3 is 0 Å². The van der Waals surface area contributed by atoms with Crippen LogP contribution in [0.1, 0.15) is 31.8 Å². The predicted molar refractivity (Wildman–Crippen MR) is 97.9 cm³/mol. The number of ether oxygens (including phenoxy) is 1. The Morgan fingerprint density at radius 1 is 0.654 bits per heavy atom. The molecule has 1 aliphatic rings. The highest BCUT2D eigenvalue weighted by Crippen LogP contribution is 2.25. The third-order valence-electron chi connectivity index (χ3n) is 4.46. The highest BCUT2D eigenvalue weighted by atomic mass is 16.5. The van der Waals surface area contributed by atoms with Gasteiger partial charge in [-0.2, -0.15) is 0 Å². The van der Waals surface area contributed by atoms with E-state index in [1.54, 1.807) is 24.3 Å². The molecular weight excluding hydrogens is 326 g/mol. The Morgan fingerprint density at radius 2 is 1.19 bits per heavy atom. The van der Waals surface area contributed by atoms with Crippen LogP contribution in [0.25, 0.3) is 0 Å². The van der Waals surface area contributed by atoms with Gasteiger partial charge < -0.3 is 4.74 Å². The molecule has 0 aliphatic carbocycles. The van der Waals surface area contributed by atoms with Crippen molar-refractivity contribution in [2.24, 2.45) is 0 Å². The maximum Gasteiger partial charge on any atom is 0.261 e. The summed E-state index contributed by atoms with van der Waals surface area (Å²) in [5.74, 6) is 0.289. The van der Waals surface area contributed by atoms with Gasteiger partial charge in [0.1, 0.15) is 12.4 Å². The number of amides is 2. The van der Waals surface area contributed by atoms with Gasteiger partial charge in [-0.25, -0.2) is 0 Å². The van der Waals surface area contributed by atoms with Gasteiger partial charge in [0.15, 0.2) is 0 Å². The van der Waals surface area contributed by atoms with Crippen molar-refractivity contribution in [3.05, 3.63) is 101 Å². The molecule has 4 nitrogen and oxygen atoms in total. The lowest BCUT2D eigenvalue weighted by Gasteiger charge is -2.17. The molecular formula is C22H17NO3. The molecule has 0 aromatic heterocycles. The lowest BCUT2D eigenvalue weighted by Crippen LogP contribution is -2.29. The summed E-state index contributed by atoms with van der Waals surface area (Å²) in [6.07, 6.45) is 0. The molecule has 0 atom stereocenters. The first-order valence-electron chi connectivity index (χ1n) is 8.44. The number of carbonyl (C=O) groups is 2. The van der Waals surface area contributed by atoms with Gasteiger partial charge in [-0.1, -0.05) is 54.6 Å². The fraction of sp³-hybridized carbons (Fsp3) is 0.0909. The number of hydrogen-bond acceptors (Lipinski definition) is 3. The van der Waals surface area contributed by atoms with Crippen LogP contribution in [0, 0.1) is 0 Å². The summed E-state index contributed by atoms with van der Waals surface area (Å²) in [7, 11) is 0. The van der Waals surface area contributed by atoms with Gasteiger partial charge in [-0.15, -0.1) is 0 Å². The molecule has 0 bridgehead atoms. The molecule has 0 radical (unpaired) electrons. The van der Waals surface area contributed by atoms with Gasteiger partial charge in [0.2, 0.25) is 0 Å². The highest BCUT2D eigenvalue weighted by Gasteiger charge is 2.35. The van der Waals surface area contributed by atoms with E-state index in [4.69, 9.17) is 4.74 Å². The third-order valence-corrected chi connectivity index (χ3v) is 4.46. The van der Waals surface area contributed by atoms with E-state index in [9.17, 15) is 9.59 Å². The zero-order chi connectivity index (χ0) is 17.9. The molecule has 4 rings (SSSR count). The number of rotatable bonds is 5. The maximum atomic E-state index is 12.6. The topological polar surface area (TPSA) is 46.6 Å². The van der Waals surface area contributed by atoms with E-state index in [1.807, 2.05) is 54.6 Å². The smallest absolute Gasteiger partial charge is 0.261 e. The van der Waals surface area contributed by atoms with Crippen molar-refractivity contribution in [2.45, 2.75) is 13.2 Å². The maximum absolute atomic E-state index is 12.6. The summed E-state index contributed by atoms with van der Waals surface area (Å²) in [4.78, 5) is 26.4. The molecule has 3 aromatic carbocycles. The molecule has 0 saturated heterocycles. The van der Waals surface area contributed by atoms with E-state index in [-0.39, 0.29) is 18.4 Å². The van der Waals surface area contributed by atoms with E-state index in [1.165, 1.54) is 4.90 Å². The number of imide groups is 1. The SMILES string of the molecule is O=C1c2ccccc2C(=O)N1Cc1ccccc1COc1ccccc1. The summed E-state index contributed by atoms with van der Waals surface area (Å²) in [5, 5.41) is 0. The van der Waals surface area contributed by atoms with Crippen molar-refractivity contribution in [1.29, 1.82) is 0 Å². The van der Waals surface area contributed by atoms with Gasteiger partial charge in [0.05, 0.1) is 17.7 Å². The number of benzene rings is 3. The Hall–Kier alpha value is -3.40. The molecule has 128 valence electrons. The van der Waals surface area contributed by atoms with E-state index < -0.39 is 0 Å². The molecule has 1 aliphatic heterocycles. The average molecular weight is 343 g/mol. The summed E-state index contributed by atoms with van der Waals surface area (Å²) >= 11 is 0. The van der Waals surface area contributed by atoms with Gasteiger partial charge in [0, 0.05) is 0 Å². The highest BCUT2D eigenvalue weighted by molar-refractivity contribution is 6.21. The predicted octanol–water partition coefficient (Wildman–Crippen LogP) is 4.06. The lowest BCUT2D eigenvalue weighted by atomic mass is 10.1. The quantitative estimate of drug-likeness (QED) is 0.656. The molecule has 4 heteroatoms. The first-order chi connectivity index (χ1) is 12.7. The van der Waals surface area contributed by atoms with Crippen molar-refractivity contribution >= 4 is 11.8 Å². The van der Waals surface area contributed by atoms with Crippen molar-refractivity contribution < 1.29 is 14.3 Å². The standard InChI is InChI=1S/C22H17NO3/c24-21-19-12-6-7-13-20(19)22(25)23(21)14-16-8-4-5-9-17(16)15-26-18-10-2-1-3-11-18/h1-13H,14-15H2. The van der Waals surface area contributed by atoms with Crippen LogP contribution in [-0.2, 0) is 13.2 Å². The van der Waals surface area contributed by atoms with E-state index in [0.717, 1.165) is 16.9 Å². The van der Waals surface area contributed by atoms with Crippen LogP contribution in [-0.4, -0.2) is 16.7 Å². The molecule has 0 spiro atoms. The van der Waals surface area contributed by atoms with Gasteiger partial charge in [-0.3, -0.25) is 14.5 Å². The van der Waals surface area contributed by atoms with Crippen LogP contribution < -0.4 is 4.74 Å². The number of fused-ring (bicyclic) bond motifs is 1. The van der Waals surface area contributed by atoms with E-state index in [2.05, 4.69) is 0 Å². The Balaban J connectivity index is 1.54. The van der Waals surface area contributed by atoms with Gasteiger partial charge in [-0.05, 0) is 35.4 Å². The van der Waals surface area contributed by atoms with Crippen molar-refractivity contribution in [1.82, 2.24) is 4.90 Å². The van der Waals surface area contributed by atoms with Crippen molar-refractivity contribution in [3.63, 3.8) is 0 Å². The lowest BCUT2D eigenvalue weighted by molar-refractivity contribution is 0.0641. The largest absolute Gasteiger partial charge is 0.489 e. The second kappa shape index (κ2) is 6.84. The van der Waals surface area contributed by atoms with Crippen LogP contribution in [0.4, 0.5) is 0 Å². The Kier molecular flexibility index (Phi) is 4.23. The van der Waals surface area contributed by atoms with Crippen LogP contribution in [0.5, 0.6) is 5.75 Å². The Morgan fingerprint density at radius 3 is 1.85 bits per heavy atom. The van der Waals surface area contributed by atoms with Crippen LogP contribution in [0.3, 0.4) is 0 Å². The molecule has 0 unspecified atom stereocenters. The monoisotopic (exact) mass is 343 g/mol. The average Bonchev–Trinajstić information content (AvgIpc) is 2.93. The molecule has 26 heavy (non-hydrogen) atoms. The minimum absolute atomic E-state index is 0.237. The summed E-state index contributed by atoms with van der Waals surface area (Å²) in [6, 6.07) is 24.2. The number of carbonyl (C=O) groups excluding carboxylic acids is 2. The van der Waals surface area contributed by atoms with Crippen molar-refractivity contribution in [3.8, 4) is 5.75 Å². The molecule has 0 fully saturated rings. The molecule has 0 N–H and O–H groups in total. The second-order valence-corrected chi connectivity index (χ2v) is 6.11. The fourth-order valence-electron chi connectivity index (χ4n) is 3.08. The molecule has 2 amide bonds. The minimum atomic E-state index is -0.246. The summed E-state index contributed by atoms with van der Waals surface area (Å²) in [5.41, 5.74) is 2.79. The van der Waals surface area contributed by atoms with Gasteiger partial charge in [0.25, 0.3) is 11.8 Å². The minimum Gasteiger partial charge on any atom is -0.489 e. The molecule has 1 heterocycles. The Bertz CT molecular complexity index is 931. The van der Waals surface area contributed by atoms with Crippen LogP contribution in [0.2, 0.25) is 0 Å². The third kappa shape index (κ3) is 2.97. The van der Waals surface area contributed by atoms with E-state index in [0.29, 0.717) is 17.7 Å². The number of para-hydroxylation sites is 1. The number of hydrogen-bond donors (Lipinski definition) is 0. The van der Waals surface area contributed by atoms with Crippen molar-refractivity contribution in [2.75, 3.05) is 0 Å². The molecule has 0 saturated carbocycles. The zero-order valence-corrected chi connectivity index (χ0v) is 14.1. The first-order valence-corrected chi connectivity index (χ1v) is 8.44. The fourth-order valence-corrected chi connectivity index (χ4v) is 3.08.